The standard InChI is InChI=1S/C21H32N2O2/c1-19(2)7-8-20(3,4)17-13-15(5-6-16(17)19)18(24)23-11-9-21(25,14-22)10-12-23/h5-6,13,25H,7-12,14,22H2,1-4H3. The third-order valence-corrected chi connectivity index (χ3v) is 6.46. The summed E-state index contributed by atoms with van der Waals surface area (Å²) in [6.07, 6.45) is 3.42. The van der Waals surface area contributed by atoms with Crippen molar-refractivity contribution >= 4 is 5.91 Å². The van der Waals surface area contributed by atoms with Crippen LogP contribution >= 0.6 is 0 Å². The lowest BCUT2D eigenvalue weighted by Gasteiger charge is -2.42. The number of benzene rings is 1. The van der Waals surface area contributed by atoms with Crippen molar-refractivity contribution in [2.45, 2.75) is 69.8 Å². The van der Waals surface area contributed by atoms with Gasteiger partial charge in [0.15, 0.2) is 0 Å². The van der Waals surface area contributed by atoms with Crippen LogP contribution in [0.4, 0.5) is 0 Å². The molecule has 1 aromatic carbocycles. The van der Waals surface area contributed by atoms with Gasteiger partial charge in [0.2, 0.25) is 0 Å². The first-order valence-electron chi connectivity index (χ1n) is 9.45. The van der Waals surface area contributed by atoms with Gasteiger partial charge in [0.1, 0.15) is 0 Å². The molecule has 1 saturated heterocycles. The van der Waals surface area contributed by atoms with Gasteiger partial charge in [0, 0.05) is 25.2 Å². The highest BCUT2D eigenvalue weighted by molar-refractivity contribution is 5.94. The topological polar surface area (TPSA) is 66.6 Å². The van der Waals surface area contributed by atoms with E-state index in [-0.39, 0.29) is 23.3 Å². The molecule has 0 aromatic heterocycles. The number of rotatable bonds is 2. The van der Waals surface area contributed by atoms with Crippen molar-refractivity contribution in [2.24, 2.45) is 5.73 Å². The van der Waals surface area contributed by atoms with Crippen molar-refractivity contribution < 1.29 is 9.90 Å². The molecule has 1 aromatic rings. The molecule has 138 valence electrons. The van der Waals surface area contributed by atoms with Crippen molar-refractivity contribution in [1.29, 1.82) is 0 Å². The molecule has 1 fully saturated rings. The van der Waals surface area contributed by atoms with E-state index in [0.29, 0.717) is 25.9 Å². The number of aliphatic hydroxyl groups is 1. The summed E-state index contributed by atoms with van der Waals surface area (Å²) >= 11 is 0. The fraction of sp³-hybridized carbons (Fsp3) is 0.667. The van der Waals surface area contributed by atoms with Crippen LogP contribution in [0.3, 0.4) is 0 Å². The molecule has 0 atom stereocenters. The van der Waals surface area contributed by atoms with Crippen molar-refractivity contribution in [1.82, 2.24) is 4.90 Å². The lowest BCUT2D eigenvalue weighted by atomic mass is 9.63. The van der Waals surface area contributed by atoms with Crippen LogP contribution in [-0.2, 0) is 10.8 Å². The Morgan fingerprint density at radius 3 is 2.16 bits per heavy atom. The summed E-state index contributed by atoms with van der Waals surface area (Å²) in [5.41, 5.74) is 8.55. The summed E-state index contributed by atoms with van der Waals surface area (Å²) in [6.45, 7) is 10.5. The van der Waals surface area contributed by atoms with Crippen LogP contribution in [0.5, 0.6) is 0 Å². The summed E-state index contributed by atoms with van der Waals surface area (Å²) < 4.78 is 0. The predicted molar refractivity (Wildman–Crippen MR) is 101 cm³/mol. The predicted octanol–water partition coefficient (Wildman–Crippen LogP) is 2.96. The maximum atomic E-state index is 13.0. The van der Waals surface area contributed by atoms with E-state index in [1.807, 2.05) is 11.0 Å². The summed E-state index contributed by atoms with van der Waals surface area (Å²) in [5, 5.41) is 10.3. The minimum absolute atomic E-state index is 0.0704. The normalized spacial score (nSPS) is 23.8. The van der Waals surface area contributed by atoms with Crippen LogP contribution in [0.25, 0.3) is 0 Å². The van der Waals surface area contributed by atoms with Crippen molar-refractivity contribution in [3.8, 4) is 0 Å². The Hall–Kier alpha value is -1.39. The molecular weight excluding hydrogens is 312 g/mol. The quantitative estimate of drug-likeness (QED) is 0.867. The number of likely N-dealkylation sites (tertiary alicyclic amines) is 1. The van der Waals surface area contributed by atoms with E-state index >= 15 is 0 Å². The van der Waals surface area contributed by atoms with Gasteiger partial charge in [-0.15, -0.1) is 0 Å². The second-order valence-electron chi connectivity index (χ2n) is 9.25. The Morgan fingerprint density at radius 1 is 1.04 bits per heavy atom. The highest BCUT2D eigenvalue weighted by Crippen LogP contribution is 2.46. The molecular formula is C21H32N2O2. The van der Waals surface area contributed by atoms with Gasteiger partial charge < -0.3 is 15.7 Å². The fourth-order valence-electron chi connectivity index (χ4n) is 4.23. The summed E-state index contributed by atoms with van der Waals surface area (Å²) in [6, 6.07) is 6.25. The molecule has 1 amide bonds. The zero-order chi connectivity index (χ0) is 18.5. The highest BCUT2D eigenvalue weighted by Gasteiger charge is 2.38. The van der Waals surface area contributed by atoms with E-state index in [0.717, 1.165) is 12.0 Å². The fourth-order valence-corrected chi connectivity index (χ4v) is 4.23. The maximum absolute atomic E-state index is 13.0. The van der Waals surface area contributed by atoms with E-state index < -0.39 is 5.60 Å². The number of hydrogen-bond donors (Lipinski definition) is 2. The largest absolute Gasteiger partial charge is 0.388 e. The van der Waals surface area contributed by atoms with Gasteiger partial charge in [0.05, 0.1) is 5.60 Å². The van der Waals surface area contributed by atoms with Gasteiger partial charge in [-0.2, -0.15) is 0 Å². The number of hydrogen-bond acceptors (Lipinski definition) is 3. The zero-order valence-electron chi connectivity index (χ0n) is 16.1. The molecule has 4 nitrogen and oxygen atoms in total. The van der Waals surface area contributed by atoms with Gasteiger partial charge in [-0.25, -0.2) is 0 Å². The lowest BCUT2D eigenvalue weighted by Crippen LogP contribution is -2.50. The number of nitrogens with two attached hydrogens (primary N) is 1. The van der Waals surface area contributed by atoms with Gasteiger partial charge in [-0.3, -0.25) is 4.79 Å². The number of fused-ring (bicyclic) bond motifs is 1. The molecule has 4 heteroatoms. The van der Waals surface area contributed by atoms with E-state index in [9.17, 15) is 9.90 Å². The third kappa shape index (κ3) is 3.34. The molecule has 0 saturated carbocycles. The number of nitrogens with zero attached hydrogens (tertiary/aromatic N) is 1. The lowest BCUT2D eigenvalue weighted by molar-refractivity contribution is -0.00952. The minimum Gasteiger partial charge on any atom is -0.388 e. The maximum Gasteiger partial charge on any atom is 0.253 e. The van der Waals surface area contributed by atoms with Gasteiger partial charge >= 0.3 is 0 Å². The van der Waals surface area contributed by atoms with Gasteiger partial charge in [-0.05, 0) is 59.8 Å². The second-order valence-corrected chi connectivity index (χ2v) is 9.25. The van der Waals surface area contributed by atoms with Crippen molar-refractivity contribution in [3.63, 3.8) is 0 Å². The average molecular weight is 344 g/mol. The molecule has 1 aliphatic carbocycles. The minimum atomic E-state index is -0.807. The van der Waals surface area contributed by atoms with Crippen LogP contribution in [0.1, 0.15) is 74.9 Å². The summed E-state index contributed by atoms with van der Waals surface area (Å²) in [4.78, 5) is 14.8. The zero-order valence-corrected chi connectivity index (χ0v) is 16.1. The molecule has 0 bridgehead atoms. The first kappa shape index (κ1) is 18.4. The molecule has 1 aliphatic heterocycles. The van der Waals surface area contributed by atoms with Crippen LogP contribution in [-0.4, -0.2) is 41.1 Å². The summed E-state index contributed by atoms with van der Waals surface area (Å²) in [5.74, 6) is 0.0704. The number of carbonyl (C=O) groups is 1. The summed E-state index contributed by atoms with van der Waals surface area (Å²) in [7, 11) is 0. The van der Waals surface area contributed by atoms with Gasteiger partial charge in [-0.1, -0.05) is 33.8 Å². The van der Waals surface area contributed by atoms with E-state index in [4.69, 9.17) is 5.73 Å². The highest BCUT2D eigenvalue weighted by atomic mass is 16.3. The monoisotopic (exact) mass is 344 g/mol. The van der Waals surface area contributed by atoms with E-state index in [1.165, 1.54) is 17.5 Å². The number of piperidine rings is 1. The van der Waals surface area contributed by atoms with Crippen LogP contribution in [0.15, 0.2) is 18.2 Å². The third-order valence-electron chi connectivity index (χ3n) is 6.46. The Kier molecular flexibility index (Phi) is 4.49. The van der Waals surface area contributed by atoms with Crippen LogP contribution < -0.4 is 5.73 Å². The van der Waals surface area contributed by atoms with Crippen molar-refractivity contribution in [2.75, 3.05) is 19.6 Å². The van der Waals surface area contributed by atoms with Crippen molar-refractivity contribution in [3.05, 3.63) is 34.9 Å². The Morgan fingerprint density at radius 2 is 1.60 bits per heavy atom. The Bertz CT molecular complexity index is 670. The SMILES string of the molecule is CC1(C)CCC(C)(C)c2cc(C(=O)N3CCC(O)(CN)CC3)ccc21. The first-order chi connectivity index (χ1) is 11.6. The first-order valence-corrected chi connectivity index (χ1v) is 9.45. The van der Waals surface area contributed by atoms with E-state index in [1.54, 1.807) is 0 Å². The number of amides is 1. The molecule has 0 unspecified atom stereocenters. The van der Waals surface area contributed by atoms with Crippen LogP contribution in [0, 0.1) is 0 Å². The Labute approximate surface area is 151 Å². The number of carbonyl (C=O) groups excluding carboxylic acids is 1. The van der Waals surface area contributed by atoms with Crippen LogP contribution in [0.2, 0.25) is 0 Å². The molecule has 2 aliphatic rings. The molecule has 3 N–H and O–H groups in total. The molecule has 3 rings (SSSR count). The molecule has 1 heterocycles. The van der Waals surface area contributed by atoms with Gasteiger partial charge in [0.25, 0.3) is 5.91 Å². The second kappa shape index (κ2) is 6.10. The molecule has 0 spiro atoms. The smallest absolute Gasteiger partial charge is 0.253 e. The average Bonchev–Trinajstić information content (AvgIpc) is 2.59. The van der Waals surface area contributed by atoms with E-state index in [2.05, 4.69) is 39.8 Å². The Balaban J connectivity index is 1.86. The molecule has 25 heavy (non-hydrogen) atoms. The molecule has 0 radical (unpaired) electrons.